The van der Waals surface area contributed by atoms with Crippen LogP contribution in [-0.4, -0.2) is 21.6 Å². The van der Waals surface area contributed by atoms with E-state index in [0.717, 1.165) is 4.88 Å². The number of hydrogen-bond acceptors (Lipinski definition) is 4. The van der Waals surface area contributed by atoms with E-state index in [4.69, 9.17) is 5.11 Å². The molecule has 0 radical (unpaired) electrons. The molecule has 0 aliphatic carbocycles. The molecule has 0 aromatic carbocycles. The predicted octanol–water partition coefficient (Wildman–Crippen LogP) is 1.49. The highest BCUT2D eigenvalue weighted by Crippen LogP contribution is 2.12. The second-order valence-electron chi connectivity index (χ2n) is 3.31. The van der Waals surface area contributed by atoms with Crippen molar-refractivity contribution in [2.45, 2.75) is 32.4 Å². The fourth-order valence-corrected chi connectivity index (χ4v) is 1.50. The van der Waals surface area contributed by atoms with Crippen molar-refractivity contribution in [1.82, 2.24) is 10.3 Å². The number of aromatic nitrogens is 1. The van der Waals surface area contributed by atoms with E-state index >= 15 is 0 Å². The first-order chi connectivity index (χ1) is 6.58. The van der Waals surface area contributed by atoms with Gasteiger partial charge < -0.3 is 5.11 Å². The minimum Gasteiger partial charge on any atom is -0.480 e. The van der Waals surface area contributed by atoms with Crippen molar-refractivity contribution in [2.24, 2.45) is 0 Å². The Morgan fingerprint density at radius 1 is 1.79 bits per heavy atom. The Morgan fingerprint density at radius 3 is 2.93 bits per heavy atom. The van der Waals surface area contributed by atoms with Crippen molar-refractivity contribution < 1.29 is 9.90 Å². The van der Waals surface area contributed by atoms with Crippen molar-refractivity contribution in [3.63, 3.8) is 0 Å². The average molecular weight is 214 g/mol. The molecule has 0 aliphatic heterocycles. The molecule has 78 valence electrons. The fraction of sp³-hybridized carbons (Fsp3) is 0.556. The maximum atomic E-state index is 10.9. The number of nitrogens with zero attached hydrogens (tertiary/aromatic N) is 1. The van der Waals surface area contributed by atoms with E-state index in [1.54, 1.807) is 18.6 Å². The molecule has 1 atom stereocenters. The zero-order chi connectivity index (χ0) is 10.6. The molecule has 0 fully saturated rings. The SMILES string of the molecule is CCC(C)(NCc1cncs1)C(=O)O. The lowest BCUT2D eigenvalue weighted by molar-refractivity contribution is -0.144. The van der Waals surface area contributed by atoms with Gasteiger partial charge in [-0.2, -0.15) is 0 Å². The smallest absolute Gasteiger partial charge is 0.323 e. The van der Waals surface area contributed by atoms with Gasteiger partial charge >= 0.3 is 5.97 Å². The molecule has 1 aromatic rings. The Bertz CT molecular complexity index is 300. The Hall–Kier alpha value is -0.940. The van der Waals surface area contributed by atoms with Crippen LogP contribution < -0.4 is 5.32 Å². The molecule has 0 aliphatic rings. The lowest BCUT2D eigenvalue weighted by Crippen LogP contribution is -2.48. The van der Waals surface area contributed by atoms with Crippen LogP contribution in [0.3, 0.4) is 0 Å². The third kappa shape index (κ3) is 2.52. The van der Waals surface area contributed by atoms with Gasteiger partial charge in [0.1, 0.15) is 5.54 Å². The van der Waals surface area contributed by atoms with E-state index < -0.39 is 11.5 Å². The highest BCUT2D eigenvalue weighted by Gasteiger charge is 2.30. The molecule has 1 rings (SSSR count). The first-order valence-electron chi connectivity index (χ1n) is 4.44. The minimum atomic E-state index is -0.843. The fourth-order valence-electron chi connectivity index (χ4n) is 0.963. The van der Waals surface area contributed by atoms with Gasteiger partial charge in [-0.25, -0.2) is 0 Å². The van der Waals surface area contributed by atoms with E-state index in [2.05, 4.69) is 10.3 Å². The normalized spacial score (nSPS) is 15.0. The number of aliphatic carboxylic acids is 1. The van der Waals surface area contributed by atoms with E-state index in [-0.39, 0.29) is 0 Å². The Balaban J connectivity index is 2.54. The molecule has 2 N–H and O–H groups in total. The molecule has 0 amide bonds. The van der Waals surface area contributed by atoms with Crippen molar-refractivity contribution >= 4 is 17.3 Å². The summed E-state index contributed by atoms with van der Waals surface area (Å²) in [5.41, 5.74) is 0.894. The largest absolute Gasteiger partial charge is 0.480 e. The zero-order valence-corrected chi connectivity index (χ0v) is 9.10. The van der Waals surface area contributed by atoms with Gasteiger partial charge in [-0.05, 0) is 13.3 Å². The first-order valence-corrected chi connectivity index (χ1v) is 5.32. The summed E-state index contributed by atoms with van der Waals surface area (Å²) in [6, 6.07) is 0. The molecule has 4 nitrogen and oxygen atoms in total. The summed E-state index contributed by atoms with van der Waals surface area (Å²) >= 11 is 1.52. The van der Waals surface area contributed by atoms with Crippen LogP contribution in [-0.2, 0) is 11.3 Å². The Morgan fingerprint density at radius 2 is 2.50 bits per heavy atom. The zero-order valence-electron chi connectivity index (χ0n) is 8.28. The summed E-state index contributed by atoms with van der Waals surface area (Å²) in [6.07, 6.45) is 2.30. The van der Waals surface area contributed by atoms with Crippen LogP contribution in [0.1, 0.15) is 25.1 Å². The summed E-state index contributed by atoms with van der Waals surface area (Å²) in [7, 11) is 0. The molecule has 1 heterocycles. The summed E-state index contributed by atoms with van der Waals surface area (Å²) in [6.45, 7) is 4.10. The maximum Gasteiger partial charge on any atom is 0.323 e. The topological polar surface area (TPSA) is 62.2 Å². The van der Waals surface area contributed by atoms with Crippen molar-refractivity contribution in [3.8, 4) is 0 Å². The van der Waals surface area contributed by atoms with Crippen molar-refractivity contribution in [1.29, 1.82) is 0 Å². The number of nitrogens with one attached hydrogen (secondary N) is 1. The molecule has 5 heteroatoms. The molecule has 1 aromatic heterocycles. The second kappa shape index (κ2) is 4.52. The molecule has 0 saturated carbocycles. The molecule has 14 heavy (non-hydrogen) atoms. The summed E-state index contributed by atoms with van der Waals surface area (Å²) in [5, 5.41) is 12.0. The number of rotatable bonds is 5. The molecular formula is C9H14N2O2S. The van der Waals surface area contributed by atoms with Gasteiger partial charge in [0.25, 0.3) is 0 Å². The van der Waals surface area contributed by atoms with Crippen LogP contribution in [0.15, 0.2) is 11.7 Å². The van der Waals surface area contributed by atoms with Crippen molar-refractivity contribution in [3.05, 3.63) is 16.6 Å². The molecule has 0 bridgehead atoms. The van der Waals surface area contributed by atoms with Crippen LogP contribution in [0.25, 0.3) is 0 Å². The van der Waals surface area contributed by atoms with Crippen LogP contribution in [0.2, 0.25) is 0 Å². The number of thiazole rings is 1. The number of carboxylic acid groups (broad SMARTS) is 1. The predicted molar refractivity (Wildman–Crippen MR) is 55.3 cm³/mol. The number of carbonyl (C=O) groups is 1. The van der Waals surface area contributed by atoms with Gasteiger partial charge in [0, 0.05) is 17.6 Å². The van der Waals surface area contributed by atoms with Gasteiger partial charge in [-0.3, -0.25) is 15.1 Å². The summed E-state index contributed by atoms with van der Waals surface area (Å²) in [5.74, 6) is -0.815. The molecule has 0 spiro atoms. The highest BCUT2D eigenvalue weighted by molar-refractivity contribution is 7.09. The van der Waals surface area contributed by atoms with Gasteiger partial charge in [0.15, 0.2) is 0 Å². The standard InChI is InChI=1S/C9H14N2O2S/c1-3-9(2,8(12)13)11-5-7-4-10-6-14-7/h4,6,11H,3,5H2,1-2H3,(H,12,13). The van der Waals surface area contributed by atoms with Gasteiger partial charge in [-0.1, -0.05) is 6.92 Å². The van der Waals surface area contributed by atoms with Crippen LogP contribution in [0.4, 0.5) is 0 Å². The van der Waals surface area contributed by atoms with E-state index in [1.165, 1.54) is 11.3 Å². The summed E-state index contributed by atoms with van der Waals surface area (Å²) in [4.78, 5) is 15.9. The van der Waals surface area contributed by atoms with Crippen LogP contribution in [0.5, 0.6) is 0 Å². The quantitative estimate of drug-likeness (QED) is 0.779. The van der Waals surface area contributed by atoms with E-state index in [0.29, 0.717) is 13.0 Å². The lowest BCUT2D eigenvalue weighted by atomic mass is 9.99. The molecular weight excluding hydrogens is 200 g/mol. The van der Waals surface area contributed by atoms with Crippen molar-refractivity contribution in [2.75, 3.05) is 0 Å². The third-order valence-electron chi connectivity index (χ3n) is 2.32. The van der Waals surface area contributed by atoms with Gasteiger partial charge in [0.2, 0.25) is 0 Å². The van der Waals surface area contributed by atoms with Crippen LogP contribution in [0, 0.1) is 0 Å². The molecule has 1 unspecified atom stereocenters. The summed E-state index contributed by atoms with van der Waals surface area (Å²) < 4.78 is 0. The first kappa shape index (κ1) is 11.1. The Labute approximate surface area is 87.0 Å². The van der Waals surface area contributed by atoms with E-state index in [9.17, 15) is 4.79 Å². The monoisotopic (exact) mass is 214 g/mol. The second-order valence-corrected chi connectivity index (χ2v) is 4.28. The average Bonchev–Trinajstić information content (AvgIpc) is 2.66. The van der Waals surface area contributed by atoms with Gasteiger partial charge in [-0.15, -0.1) is 11.3 Å². The lowest BCUT2D eigenvalue weighted by Gasteiger charge is -2.24. The number of hydrogen-bond donors (Lipinski definition) is 2. The van der Waals surface area contributed by atoms with Crippen LogP contribution >= 0.6 is 11.3 Å². The minimum absolute atomic E-state index is 0.557. The van der Waals surface area contributed by atoms with E-state index in [1.807, 2.05) is 6.92 Å². The maximum absolute atomic E-state index is 10.9. The highest BCUT2D eigenvalue weighted by atomic mass is 32.1. The van der Waals surface area contributed by atoms with Gasteiger partial charge in [0.05, 0.1) is 5.51 Å². The number of carboxylic acids is 1. The Kier molecular flexibility index (Phi) is 3.60. The third-order valence-corrected chi connectivity index (χ3v) is 3.10. The molecule has 0 saturated heterocycles.